The Morgan fingerprint density at radius 3 is 2.39 bits per heavy atom. The molecular weight excluding hydrogens is 286 g/mol. The number of hydrogen-bond acceptors (Lipinski definition) is 2. The van der Waals surface area contributed by atoms with Crippen molar-refractivity contribution in [2.75, 3.05) is 0 Å². The van der Waals surface area contributed by atoms with Gasteiger partial charge in [0.05, 0.1) is 6.04 Å². The molecule has 3 heteroatoms. The van der Waals surface area contributed by atoms with Crippen molar-refractivity contribution in [1.29, 1.82) is 0 Å². The van der Waals surface area contributed by atoms with E-state index in [1.807, 2.05) is 6.07 Å². The maximum Gasteiger partial charge on any atom is 0.254 e. The first-order valence-electron chi connectivity index (χ1n) is 7.93. The molecule has 1 aliphatic carbocycles. The molecular formula is C20H17NO2. The number of aryl methyl sites for hydroxylation is 1. The highest BCUT2D eigenvalue weighted by atomic mass is 16.2. The molecule has 23 heavy (non-hydrogen) atoms. The van der Waals surface area contributed by atoms with E-state index in [2.05, 4.69) is 42.5 Å². The average molecular weight is 303 g/mol. The zero-order valence-electron chi connectivity index (χ0n) is 12.7. The second-order valence-electron chi connectivity index (χ2n) is 6.13. The van der Waals surface area contributed by atoms with Crippen LogP contribution >= 0.6 is 0 Å². The van der Waals surface area contributed by atoms with Crippen molar-refractivity contribution in [1.82, 2.24) is 4.90 Å². The molecule has 0 spiro atoms. The summed E-state index contributed by atoms with van der Waals surface area (Å²) in [5, 5.41) is 0. The lowest BCUT2D eigenvalue weighted by molar-refractivity contribution is -0.139. The summed E-state index contributed by atoms with van der Waals surface area (Å²) in [5.41, 5.74) is 4.94. The summed E-state index contributed by atoms with van der Waals surface area (Å²) in [6.07, 6.45) is 5.37. The fraction of sp³-hybridized carbons (Fsp3) is 0.200. The van der Waals surface area contributed by atoms with E-state index in [0.717, 1.165) is 24.8 Å². The number of fused-ring (bicyclic) bond motifs is 1. The van der Waals surface area contributed by atoms with E-state index in [9.17, 15) is 9.59 Å². The predicted octanol–water partition coefficient (Wildman–Crippen LogP) is 3.19. The Labute approximate surface area is 135 Å². The predicted molar refractivity (Wildman–Crippen MR) is 87.7 cm³/mol. The quantitative estimate of drug-likeness (QED) is 0.817. The standard InChI is InChI=1S/C20H17NO2/c22-19-10-11-20(23)21(19)18-9-7-16-13-15(6-8-17(16)18)12-14-4-2-1-3-5-14/h1-6,8,10-11,13,18H,7,9,12H2/t18-/m0/s1. The Hall–Kier alpha value is -2.68. The minimum atomic E-state index is -0.193. The third kappa shape index (κ3) is 2.48. The van der Waals surface area contributed by atoms with E-state index in [-0.39, 0.29) is 17.9 Å². The van der Waals surface area contributed by atoms with E-state index in [0.29, 0.717) is 0 Å². The summed E-state index contributed by atoms with van der Waals surface area (Å²) in [6.45, 7) is 0. The zero-order chi connectivity index (χ0) is 15.8. The number of rotatable bonds is 3. The van der Waals surface area contributed by atoms with Gasteiger partial charge in [0, 0.05) is 12.2 Å². The van der Waals surface area contributed by atoms with Crippen molar-refractivity contribution in [3.8, 4) is 0 Å². The molecule has 0 unspecified atom stereocenters. The van der Waals surface area contributed by atoms with Crippen LogP contribution in [0.5, 0.6) is 0 Å². The summed E-state index contributed by atoms with van der Waals surface area (Å²) in [5.74, 6) is -0.387. The Morgan fingerprint density at radius 1 is 0.913 bits per heavy atom. The third-order valence-electron chi connectivity index (χ3n) is 4.66. The number of carbonyl (C=O) groups is 2. The van der Waals surface area contributed by atoms with Gasteiger partial charge in [0.2, 0.25) is 0 Å². The number of benzene rings is 2. The monoisotopic (exact) mass is 303 g/mol. The minimum absolute atomic E-state index is 0.106. The molecule has 1 aliphatic heterocycles. The second-order valence-corrected chi connectivity index (χ2v) is 6.13. The Bertz CT molecular complexity index is 790. The Kier molecular flexibility index (Phi) is 3.34. The van der Waals surface area contributed by atoms with Gasteiger partial charge in [0.1, 0.15) is 0 Å². The first kappa shape index (κ1) is 13.9. The Morgan fingerprint density at radius 2 is 1.65 bits per heavy atom. The van der Waals surface area contributed by atoms with Gasteiger partial charge in [0.15, 0.2) is 0 Å². The van der Waals surface area contributed by atoms with Crippen LogP contribution < -0.4 is 0 Å². The van der Waals surface area contributed by atoms with Gasteiger partial charge in [-0.2, -0.15) is 0 Å². The molecule has 1 heterocycles. The number of carbonyl (C=O) groups excluding carboxylic acids is 2. The SMILES string of the molecule is O=C1C=CC(=O)N1[C@H]1CCc2cc(Cc3ccccc3)ccc21. The zero-order valence-corrected chi connectivity index (χ0v) is 12.7. The highest BCUT2D eigenvalue weighted by Gasteiger charge is 2.36. The lowest BCUT2D eigenvalue weighted by atomic mass is 9.99. The van der Waals surface area contributed by atoms with Crippen LogP contribution in [0.15, 0.2) is 60.7 Å². The van der Waals surface area contributed by atoms with E-state index in [4.69, 9.17) is 0 Å². The van der Waals surface area contributed by atoms with Crippen molar-refractivity contribution in [2.24, 2.45) is 0 Å². The molecule has 2 aromatic carbocycles. The number of imide groups is 1. The van der Waals surface area contributed by atoms with Gasteiger partial charge in [-0.25, -0.2) is 0 Å². The number of hydrogen-bond donors (Lipinski definition) is 0. The highest BCUT2D eigenvalue weighted by molar-refractivity contribution is 6.13. The molecule has 2 aromatic rings. The van der Waals surface area contributed by atoms with Gasteiger partial charge < -0.3 is 0 Å². The molecule has 0 fully saturated rings. The minimum Gasteiger partial charge on any atom is -0.269 e. The lowest BCUT2D eigenvalue weighted by Crippen LogP contribution is -2.33. The normalized spacial score (nSPS) is 19.5. The van der Waals surface area contributed by atoms with Crippen LogP contribution in [0.25, 0.3) is 0 Å². The van der Waals surface area contributed by atoms with E-state index < -0.39 is 0 Å². The Balaban J connectivity index is 1.59. The molecule has 1 atom stereocenters. The highest BCUT2D eigenvalue weighted by Crippen LogP contribution is 2.37. The van der Waals surface area contributed by atoms with Crippen LogP contribution in [0.3, 0.4) is 0 Å². The lowest BCUT2D eigenvalue weighted by Gasteiger charge is -2.23. The fourth-order valence-electron chi connectivity index (χ4n) is 3.58. The summed E-state index contributed by atoms with van der Waals surface area (Å²) in [6, 6.07) is 16.7. The van der Waals surface area contributed by atoms with Crippen molar-refractivity contribution in [2.45, 2.75) is 25.3 Å². The van der Waals surface area contributed by atoms with Crippen molar-refractivity contribution in [3.05, 3.63) is 82.9 Å². The van der Waals surface area contributed by atoms with Crippen LogP contribution in [0.2, 0.25) is 0 Å². The topological polar surface area (TPSA) is 37.4 Å². The summed E-state index contributed by atoms with van der Waals surface area (Å²) >= 11 is 0. The van der Waals surface area contributed by atoms with Gasteiger partial charge in [-0.3, -0.25) is 14.5 Å². The van der Waals surface area contributed by atoms with Gasteiger partial charge in [0.25, 0.3) is 11.8 Å². The van der Waals surface area contributed by atoms with Gasteiger partial charge >= 0.3 is 0 Å². The average Bonchev–Trinajstić information content (AvgIpc) is 3.11. The number of amides is 2. The molecule has 0 N–H and O–H groups in total. The van der Waals surface area contributed by atoms with Crippen LogP contribution in [-0.4, -0.2) is 16.7 Å². The summed E-state index contributed by atoms with van der Waals surface area (Å²) < 4.78 is 0. The molecule has 2 aliphatic rings. The fourth-order valence-corrected chi connectivity index (χ4v) is 3.58. The maximum absolute atomic E-state index is 11.9. The van der Waals surface area contributed by atoms with E-state index in [1.165, 1.54) is 33.7 Å². The summed E-state index contributed by atoms with van der Waals surface area (Å²) in [7, 11) is 0. The van der Waals surface area contributed by atoms with Crippen LogP contribution in [-0.2, 0) is 22.4 Å². The molecule has 0 bridgehead atoms. The van der Waals surface area contributed by atoms with Gasteiger partial charge in [-0.05, 0) is 41.5 Å². The summed E-state index contributed by atoms with van der Waals surface area (Å²) in [4.78, 5) is 25.2. The second kappa shape index (κ2) is 5.51. The molecule has 0 saturated heterocycles. The van der Waals surface area contributed by atoms with Gasteiger partial charge in [-0.1, -0.05) is 48.5 Å². The van der Waals surface area contributed by atoms with Crippen LogP contribution in [0.4, 0.5) is 0 Å². The number of nitrogens with zero attached hydrogens (tertiary/aromatic N) is 1. The van der Waals surface area contributed by atoms with Crippen LogP contribution in [0.1, 0.15) is 34.7 Å². The largest absolute Gasteiger partial charge is 0.269 e. The molecule has 4 rings (SSSR count). The van der Waals surface area contributed by atoms with Crippen molar-refractivity contribution < 1.29 is 9.59 Å². The smallest absolute Gasteiger partial charge is 0.254 e. The van der Waals surface area contributed by atoms with E-state index >= 15 is 0 Å². The first-order valence-corrected chi connectivity index (χ1v) is 7.93. The van der Waals surface area contributed by atoms with Gasteiger partial charge in [-0.15, -0.1) is 0 Å². The van der Waals surface area contributed by atoms with E-state index in [1.54, 1.807) is 0 Å². The van der Waals surface area contributed by atoms with Crippen LogP contribution in [0, 0.1) is 0 Å². The first-order chi connectivity index (χ1) is 11.2. The molecule has 0 radical (unpaired) electrons. The molecule has 2 amide bonds. The van der Waals surface area contributed by atoms with Crippen molar-refractivity contribution in [3.63, 3.8) is 0 Å². The molecule has 114 valence electrons. The molecule has 0 aromatic heterocycles. The van der Waals surface area contributed by atoms with Crippen molar-refractivity contribution >= 4 is 11.8 Å². The molecule has 0 saturated carbocycles. The third-order valence-corrected chi connectivity index (χ3v) is 4.66. The molecule has 3 nitrogen and oxygen atoms in total. The maximum atomic E-state index is 11.9.